The zero-order valence-corrected chi connectivity index (χ0v) is 13.2. The molecule has 1 aliphatic rings. The monoisotopic (exact) mass is 254 g/mol. The van der Waals surface area contributed by atoms with E-state index in [-0.39, 0.29) is 5.54 Å². The van der Waals surface area contributed by atoms with Crippen molar-refractivity contribution in [2.45, 2.75) is 78.3 Å². The average Bonchev–Trinajstić information content (AvgIpc) is 2.36. The molecule has 0 radical (unpaired) electrons. The molecule has 2 heteroatoms. The first kappa shape index (κ1) is 16.0. The van der Waals surface area contributed by atoms with Crippen LogP contribution in [-0.4, -0.2) is 29.6 Å². The van der Waals surface area contributed by atoms with Crippen LogP contribution in [-0.2, 0) is 0 Å². The van der Waals surface area contributed by atoms with Crippen LogP contribution in [0, 0.1) is 11.8 Å². The highest BCUT2D eigenvalue weighted by Crippen LogP contribution is 2.36. The Morgan fingerprint density at radius 2 is 1.89 bits per heavy atom. The lowest BCUT2D eigenvalue weighted by molar-refractivity contribution is -0.0239. The van der Waals surface area contributed by atoms with Gasteiger partial charge in [-0.2, -0.15) is 0 Å². The van der Waals surface area contributed by atoms with Gasteiger partial charge in [0, 0.05) is 24.7 Å². The number of likely N-dealkylation sites (tertiary alicyclic amines) is 1. The molecule has 0 saturated carbocycles. The third-order valence-corrected chi connectivity index (χ3v) is 5.24. The number of unbranched alkanes of at least 4 members (excludes halogenated alkanes) is 1. The van der Waals surface area contributed by atoms with Gasteiger partial charge < -0.3 is 5.73 Å². The number of rotatable bonds is 6. The molecule has 1 heterocycles. The van der Waals surface area contributed by atoms with Crippen LogP contribution in [0.2, 0.25) is 0 Å². The summed E-state index contributed by atoms with van der Waals surface area (Å²) >= 11 is 0. The van der Waals surface area contributed by atoms with Crippen LogP contribution in [0.15, 0.2) is 0 Å². The van der Waals surface area contributed by atoms with Gasteiger partial charge in [0.2, 0.25) is 0 Å². The van der Waals surface area contributed by atoms with Crippen molar-refractivity contribution in [2.24, 2.45) is 17.6 Å². The SMILES string of the molecule is CCCCC(CC)(CN)N1CC(C)CC(C)C1C. The maximum absolute atomic E-state index is 6.20. The second kappa shape index (κ2) is 6.91. The minimum Gasteiger partial charge on any atom is -0.329 e. The first-order chi connectivity index (χ1) is 8.50. The zero-order valence-electron chi connectivity index (χ0n) is 13.2. The Kier molecular flexibility index (Phi) is 6.13. The van der Waals surface area contributed by atoms with Crippen LogP contribution >= 0.6 is 0 Å². The summed E-state index contributed by atoms with van der Waals surface area (Å²) in [5, 5.41) is 0. The van der Waals surface area contributed by atoms with Crippen molar-refractivity contribution < 1.29 is 0 Å². The van der Waals surface area contributed by atoms with Gasteiger partial charge in [0.25, 0.3) is 0 Å². The first-order valence-electron chi connectivity index (χ1n) is 7.97. The Labute approximate surface area is 114 Å². The fourth-order valence-electron chi connectivity index (χ4n) is 3.73. The summed E-state index contributed by atoms with van der Waals surface area (Å²) in [5.41, 5.74) is 6.45. The van der Waals surface area contributed by atoms with E-state index in [0.717, 1.165) is 18.4 Å². The zero-order chi connectivity index (χ0) is 13.8. The van der Waals surface area contributed by atoms with E-state index >= 15 is 0 Å². The molecule has 1 rings (SSSR count). The summed E-state index contributed by atoms with van der Waals surface area (Å²) in [4.78, 5) is 2.75. The molecule has 18 heavy (non-hydrogen) atoms. The Morgan fingerprint density at radius 1 is 1.22 bits per heavy atom. The normalized spacial score (nSPS) is 33.3. The van der Waals surface area contributed by atoms with E-state index in [0.29, 0.717) is 6.04 Å². The van der Waals surface area contributed by atoms with E-state index in [4.69, 9.17) is 5.73 Å². The predicted octanol–water partition coefficient (Wildman–Crippen LogP) is 3.65. The van der Waals surface area contributed by atoms with Gasteiger partial charge in [-0.05, 0) is 38.0 Å². The van der Waals surface area contributed by atoms with E-state index in [1.165, 1.54) is 38.6 Å². The lowest BCUT2D eigenvalue weighted by Crippen LogP contribution is -2.61. The highest BCUT2D eigenvalue weighted by atomic mass is 15.2. The van der Waals surface area contributed by atoms with Crippen molar-refractivity contribution in [2.75, 3.05) is 13.1 Å². The number of hydrogen-bond acceptors (Lipinski definition) is 2. The first-order valence-corrected chi connectivity index (χ1v) is 7.97. The van der Waals surface area contributed by atoms with Crippen molar-refractivity contribution in [1.82, 2.24) is 4.90 Å². The van der Waals surface area contributed by atoms with Gasteiger partial charge in [-0.15, -0.1) is 0 Å². The molecular formula is C16H34N2. The Balaban J connectivity index is 2.88. The van der Waals surface area contributed by atoms with Crippen LogP contribution in [0.5, 0.6) is 0 Å². The smallest absolute Gasteiger partial charge is 0.0332 e. The molecule has 0 aromatic heterocycles. The quantitative estimate of drug-likeness (QED) is 0.784. The van der Waals surface area contributed by atoms with Crippen molar-refractivity contribution in [3.63, 3.8) is 0 Å². The highest BCUT2D eigenvalue weighted by molar-refractivity contribution is 4.97. The van der Waals surface area contributed by atoms with Crippen molar-refractivity contribution in [3.05, 3.63) is 0 Å². The predicted molar refractivity (Wildman–Crippen MR) is 80.7 cm³/mol. The standard InChI is InChI=1S/C16H34N2/c1-6-8-9-16(7-2,12-17)18-11-13(3)10-14(4)15(18)5/h13-15H,6-12,17H2,1-5H3. The molecular weight excluding hydrogens is 220 g/mol. The molecule has 4 atom stereocenters. The van der Waals surface area contributed by atoms with E-state index < -0.39 is 0 Å². The molecule has 2 N–H and O–H groups in total. The largest absolute Gasteiger partial charge is 0.329 e. The van der Waals surface area contributed by atoms with Gasteiger partial charge in [0.1, 0.15) is 0 Å². The maximum Gasteiger partial charge on any atom is 0.0332 e. The van der Waals surface area contributed by atoms with Gasteiger partial charge in [0.15, 0.2) is 0 Å². The molecule has 0 spiro atoms. The number of nitrogens with two attached hydrogens (primary N) is 1. The lowest BCUT2D eigenvalue weighted by atomic mass is 9.78. The van der Waals surface area contributed by atoms with E-state index in [9.17, 15) is 0 Å². The molecule has 1 saturated heterocycles. The minimum atomic E-state index is 0.248. The number of nitrogens with zero attached hydrogens (tertiary/aromatic N) is 1. The highest BCUT2D eigenvalue weighted by Gasteiger charge is 2.40. The fourth-order valence-corrected chi connectivity index (χ4v) is 3.73. The molecule has 0 aliphatic carbocycles. The summed E-state index contributed by atoms with van der Waals surface area (Å²) in [5.74, 6) is 1.61. The number of piperidine rings is 1. The molecule has 4 unspecified atom stereocenters. The van der Waals surface area contributed by atoms with Gasteiger partial charge >= 0.3 is 0 Å². The third kappa shape index (κ3) is 3.27. The van der Waals surface area contributed by atoms with Crippen molar-refractivity contribution in [3.8, 4) is 0 Å². The van der Waals surface area contributed by atoms with Crippen LogP contribution in [0.4, 0.5) is 0 Å². The molecule has 108 valence electrons. The summed E-state index contributed by atoms with van der Waals surface area (Å²) < 4.78 is 0. The molecule has 2 nitrogen and oxygen atoms in total. The summed E-state index contributed by atoms with van der Waals surface area (Å²) in [6.07, 6.45) is 6.40. The number of hydrogen-bond donors (Lipinski definition) is 1. The second-order valence-corrected chi connectivity index (χ2v) is 6.60. The second-order valence-electron chi connectivity index (χ2n) is 6.60. The van der Waals surface area contributed by atoms with Gasteiger partial charge in [-0.25, -0.2) is 0 Å². The molecule has 1 fully saturated rings. The van der Waals surface area contributed by atoms with Gasteiger partial charge in [-0.3, -0.25) is 4.90 Å². The van der Waals surface area contributed by atoms with E-state index in [2.05, 4.69) is 39.5 Å². The van der Waals surface area contributed by atoms with E-state index in [1.807, 2.05) is 0 Å². The summed E-state index contributed by atoms with van der Waals surface area (Å²) in [6, 6.07) is 0.682. The Morgan fingerprint density at radius 3 is 2.39 bits per heavy atom. The topological polar surface area (TPSA) is 29.3 Å². The van der Waals surface area contributed by atoms with Crippen molar-refractivity contribution in [1.29, 1.82) is 0 Å². The van der Waals surface area contributed by atoms with Crippen LogP contribution in [0.1, 0.15) is 66.7 Å². The van der Waals surface area contributed by atoms with Crippen molar-refractivity contribution >= 4 is 0 Å². The Hall–Kier alpha value is -0.0800. The molecule has 0 aromatic rings. The Bertz CT molecular complexity index is 235. The maximum atomic E-state index is 6.20. The minimum absolute atomic E-state index is 0.248. The van der Waals surface area contributed by atoms with Crippen LogP contribution in [0.3, 0.4) is 0 Å². The molecule has 0 aromatic carbocycles. The van der Waals surface area contributed by atoms with Crippen LogP contribution < -0.4 is 5.73 Å². The average molecular weight is 254 g/mol. The van der Waals surface area contributed by atoms with E-state index in [1.54, 1.807) is 0 Å². The van der Waals surface area contributed by atoms with Gasteiger partial charge in [-0.1, -0.05) is 40.5 Å². The summed E-state index contributed by atoms with van der Waals surface area (Å²) in [7, 11) is 0. The molecule has 0 amide bonds. The van der Waals surface area contributed by atoms with Crippen LogP contribution in [0.25, 0.3) is 0 Å². The molecule has 1 aliphatic heterocycles. The molecule has 0 bridgehead atoms. The summed E-state index contributed by atoms with van der Waals surface area (Å²) in [6.45, 7) is 13.9. The lowest BCUT2D eigenvalue weighted by Gasteiger charge is -2.52. The van der Waals surface area contributed by atoms with Gasteiger partial charge in [0.05, 0.1) is 0 Å². The fraction of sp³-hybridized carbons (Fsp3) is 1.00. The third-order valence-electron chi connectivity index (χ3n) is 5.24.